The van der Waals surface area contributed by atoms with E-state index in [1.807, 2.05) is 0 Å². The van der Waals surface area contributed by atoms with Crippen molar-refractivity contribution in [1.29, 1.82) is 0 Å². The molecule has 0 aromatic rings. The molecule has 0 aliphatic carbocycles. The van der Waals surface area contributed by atoms with Crippen LogP contribution >= 0.6 is 15.6 Å². The molecule has 0 aromatic carbocycles. The lowest BCUT2D eigenvalue weighted by Crippen LogP contribution is -2.30. The summed E-state index contributed by atoms with van der Waals surface area (Å²) in [6.45, 7) is 14.2. The summed E-state index contributed by atoms with van der Waals surface area (Å²) >= 11 is 0. The van der Waals surface area contributed by atoms with Crippen LogP contribution in [0.3, 0.4) is 0 Å². The Bertz CT molecular complexity index is 1870. The largest absolute Gasteiger partial charge is 0.472 e. The highest BCUT2D eigenvalue weighted by molar-refractivity contribution is 7.47. The molecule has 0 aliphatic heterocycles. The van der Waals surface area contributed by atoms with Gasteiger partial charge in [-0.2, -0.15) is 0 Å². The fourth-order valence-corrected chi connectivity index (χ4v) is 13.1. The second-order valence-electron chi connectivity index (χ2n) is 29.1. The zero-order valence-electron chi connectivity index (χ0n) is 62.3. The molecular formula is C76H148O17P2. The first-order chi connectivity index (χ1) is 45.6. The molecule has 0 aromatic heterocycles. The first kappa shape index (κ1) is 93.1. The number of unbranched alkanes of at least 4 members (excludes halogenated alkanes) is 38. The molecule has 0 heterocycles. The van der Waals surface area contributed by atoms with E-state index in [-0.39, 0.29) is 25.7 Å². The lowest BCUT2D eigenvalue weighted by Gasteiger charge is -2.21. The van der Waals surface area contributed by atoms with Crippen LogP contribution in [0.5, 0.6) is 0 Å². The van der Waals surface area contributed by atoms with E-state index in [0.29, 0.717) is 31.6 Å². The number of ether oxygens (including phenoxy) is 4. The Morgan fingerprint density at radius 3 is 0.747 bits per heavy atom. The van der Waals surface area contributed by atoms with Gasteiger partial charge in [0.2, 0.25) is 0 Å². The Morgan fingerprint density at radius 1 is 0.295 bits per heavy atom. The molecule has 95 heavy (non-hydrogen) atoms. The SMILES string of the molecule is CCC(C)CCCCCCCCCCC(=O)O[C@H](COC(=O)CCCCCCCCCC(C)C)COP(=O)(O)OCC(O)COP(=O)(O)OC[C@@H](COC(=O)CCCCCCCCCCCCCCCC(C)C)OC(=O)CCCCCCCCCCCCCCCCC(C)C. The maximum Gasteiger partial charge on any atom is 0.472 e. The highest BCUT2D eigenvalue weighted by Gasteiger charge is 2.30. The van der Waals surface area contributed by atoms with Gasteiger partial charge in [0.05, 0.1) is 26.4 Å². The summed E-state index contributed by atoms with van der Waals surface area (Å²) in [6.07, 6.45) is 50.0. The molecule has 0 saturated heterocycles. The first-order valence-corrected chi connectivity index (χ1v) is 42.2. The topological polar surface area (TPSA) is 237 Å². The van der Waals surface area contributed by atoms with Gasteiger partial charge < -0.3 is 33.8 Å². The summed E-state index contributed by atoms with van der Waals surface area (Å²) in [4.78, 5) is 72.8. The van der Waals surface area contributed by atoms with Gasteiger partial charge in [0.1, 0.15) is 19.3 Å². The summed E-state index contributed by atoms with van der Waals surface area (Å²) < 4.78 is 68.5. The molecule has 0 bridgehead atoms. The molecule has 0 spiro atoms. The number of carbonyl (C=O) groups is 4. The molecule has 17 nitrogen and oxygen atoms in total. The number of phosphoric acid groups is 2. The maximum absolute atomic E-state index is 13.1. The van der Waals surface area contributed by atoms with E-state index in [2.05, 4.69) is 55.4 Å². The van der Waals surface area contributed by atoms with E-state index in [1.165, 1.54) is 180 Å². The van der Waals surface area contributed by atoms with Crippen molar-refractivity contribution in [2.24, 2.45) is 23.7 Å². The third kappa shape index (κ3) is 69.0. The van der Waals surface area contributed by atoms with E-state index in [0.717, 1.165) is 114 Å². The summed E-state index contributed by atoms with van der Waals surface area (Å²) in [7, 11) is -9.91. The number of aliphatic hydroxyl groups excluding tert-OH is 1. The van der Waals surface area contributed by atoms with Gasteiger partial charge in [-0.25, -0.2) is 9.13 Å². The minimum Gasteiger partial charge on any atom is -0.462 e. The van der Waals surface area contributed by atoms with Gasteiger partial charge >= 0.3 is 39.5 Å². The molecule has 19 heteroatoms. The molecule has 3 N–H and O–H groups in total. The second-order valence-corrected chi connectivity index (χ2v) is 32.0. The van der Waals surface area contributed by atoms with Crippen molar-refractivity contribution >= 4 is 39.5 Å². The summed E-state index contributed by atoms with van der Waals surface area (Å²) in [6, 6.07) is 0. The van der Waals surface area contributed by atoms with Crippen LogP contribution in [-0.2, 0) is 65.4 Å². The summed E-state index contributed by atoms with van der Waals surface area (Å²) in [5.74, 6) is 0.938. The smallest absolute Gasteiger partial charge is 0.462 e. The number of carbonyl (C=O) groups excluding carboxylic acids is 4. The molecule has 0 fully saturated rings. The van der Waals surface area contributed by atoms with Gasteiger partial charge in [-0.15, -0.1) is 0 Å². The molecule has 0 rings (SSSR count). The minimum atomic E-state index is -4.96. The van der Waals surface area contributed by atoms with Crippen molar-refractivity contribution in [3.8, 4) is 0 Å². The van der Waals surface area contributed by atoms with Crippen LogP contribution in [-0.4, -0.2) is 96.7 Å². The van der Waals surface area contributed by atoms with Gasteiger partial charge in [-0.1, -0.05) is 331 Å². The van der Waals surface area contributed by atoms with Crippen molar-refractivity contribution in [2.75, 3.05) is 39.6 Å². The Hall–Kier alpha value is -1.94. The van der Waals surface area contributed by atoms with Crippen molar-refractivity contribution < 1.29 is 80.2 Å². The van der Waals surface area contributed by atoms with Gasteiger partial charge in [-0.3, -0.25) is 37.3 Å². The average molecular weight is 1400 g/mol. The normalized spacial score (nSPS) is 14.4. The van der Waals surface area contributed by atoms with E-state index in [4.69, 9.17) is 37.0 Å². The predicted octanol–water partition coefficient (Wildman–Crippen LogP) is 22.0. The van der Waals surface area contributed by atoms with Crippen LogP contribution in [0, 0.1) is 23.7 Å². The van der Waals surface area contributed by atoms with Crippen LogP contribution in [0.2, 0.25) is 0 Å². The fourth-order valence-electron chi connectivity index (χ4n) is 11.5. The molecule has 6 atom stereocenters. The van der Waals surface area contributed by atoms with Gasteiger partial charge in [0, 0.05) is 25.7 Å². The number of rotatable bonds is 73. The molecule has 564 valence electrons. The Kier molecular flexibility index (Phi) is 64.0. The average Bonchev–Trinajstić information content (AvgIpc) is 1.36. The zero-order chi connectivity index (χ0) is 70.3. The molecule has 0 amide bonds. The third-order valence-corrected chi connectivity index (χ3v) is 19.8. The molecule has 0 radical (unpaired) electrons. The minimum absolute atomic E-state index is 0.104. The van der Waals surface area contributed by atoms with Crippen molar-refractivity contribution in [1.82, 2.24) is 0 Å². The number of hydrogen-bond donors (Lipinski definition) is 3. The van der Waals surface area contributed by atoms with Gasteiger partial charge in [-0.05, 0) is 49.4 Å². The number of phosphoric ester groups is 2. The van der Waals surface area contributed by atoms with Crippen LogP contribution in [0.1, 0.15) is 383 Å². The summed E-state index contributed by atoms with van der Waals surface area (Å²) in [5, 5.41) is 10.6. The monoisotopic (exact) mass is 1400 g/mol. The summed E-state index contributed by atoms with van der Waals surface area (Å²) in [5.41, 5.74) is 0. The van der Waals surface area contributed by atoms with Crippen LogP contribution in [0.4, 0.5) is 0 Å². The van der Waals surface area contributed by atoms with E-state index >= 15 is 0 Å². The molecule has 0 saturated carbocycles. The van der Waals surface area contributed by atoms with Crippen molar-refractivity contribution in [3.05, 3.63) is 0 Å². The number of hydrogen-bond acceptors (Lipinski definition) is 15. The maximum atomic E-state index is 13.1. The lowest BCUT2D eigenvalue weighted by molar-refractivity contribution is -0.161. The Morgan fingerprint density at radius 2 is 0.505 bits per heavy atom. The molecule has 4 unspecified atom stereocenters. The Labute approximate surface area is 581 Å². The van der Waals surface area contributed by atoms with Gasteiger partial charge in [0.15, 0.2) is 12.2 Å². The van der Waals surface area contributed by atoms with Crippen LogP contribution in [0.15, 0.2) is 0 Å². The standard InChI is InChI=1S/C76H148O17P2/c1-9-69(8)55-47-39-31-25-26-34-43-51-59-76(81)93-72(63-87-74(79)57-49-41-35-27-30-38-46-54-68(6)7)65-91-95(84,85)89-61-70(77)60-88-94(82,83)90-64-71(62-86-73(78)56-48-40-32-23-19-16-12-14-18-22-29-37-45-53-67(4)5)92-75(80)58-50-42-33-24-20-15-11-10-13-17-21-28-36-44-52-66(2)3/h66-72,77H,9-65H2,1-8H3,(H,82,83)(H,84,85)/t69?,70?,71-,72-/m1/s1. The Balaban J connectivity index is 5.25. The predicted molar refractivity (Wildman–Crippen MR) is 386 cm³/mol. The number of aliphatic hydroxyl groups is 1. The van der Waals surface area contributed by atoms with Crippen molar-refractivity contribution in [2.45, 2.75) is 401 Å². The second kappa shape index (κ2) is 65.4. The molecule has 0 aliphatic rings. The van der Waals surface area contributed by atoms with E-state index < -0.39 is 97.5 Å². The molecular weight excluding hydrogens is 1250 g/mol. The zero-order valence-corrected chi connectivity index (χ0v) is 64.1. The number of esters is 4. The quantitative estimate of drug-likeness (QED) is 0.0222. The van der Waals surface area contributed by atoms with Crippen LogP contribution in [0.25, 0.3) is 0 Å². The lowest BCUT2D eigenvalue weighted by atomic mass is 9.99. The third-order valence-electron chi connectivity index (χ3n) is 17.9. The highest BCUT2D eigenvalue weighted by atomic mass is 31.2. The fraction of sp³-hybridized carbons (Fsp3) is 0.947. The van der Waals surface area contributed by atoms with Crippen LogP contribution < -0.4 is 0 Å². The highest BCUT2D eigenvalue weighted by Crippen LogP contribution is 2.45. The van der Waals surface area contributed by atoms with Gasteiger partial charge in [0.25, 0.3) is 0 Å². The van der Waals surface area contributed by atoms with E-state index in [9.17, 15) is 43.2 Å². The first-order valence-electron chi connectivity index (χ1n) is 39.2. The van der Waals surface area contributed by atoms with E-state index in [1.54, 1.807) is 0 Å². The van der Waals surface area contributed by atoms with Crippen molar-refractivity contribution in [3.63, 3.8) is 0 Å².